The molecule has 1 aromatic rings. The van der Waals surface area contributed by atoms with Gasteiger partial charge in [-0.2, -0.15) is 11.8 Å². The van der Waals surface area contributed by atoms with E-state index in [1.807, 2.05) is 25.0 Å². The largest absolute Gasteiger partial charge is 0.373 e. The Bertz CT molecular complexity index is 287. The number of nitrogens with zero attached hydrogens (tertiary/aromatic N) is 1. The van der Waals surface area contributed by atoms with Gasteiger partial charge in [-0.25, -0.2) is 4.98 Å². The Morgan fingerprint density at radius 3 is 2.93 bits per heavy atom. The van der Waals surface area contributed by atoms with Crippen LogP contribution in [-0.4, -0.2) is 17.8 Å². The van der Waals surface area contributed by atoms with E-state index in [-0.39, 0.29) is 0 Å². The second kappa shape index (κ2) is 6.72. The minimum absolute atomic E-state index is 0.808. The Balaban J connectivity index is 2.30. The lowest BCUT2D eigenvalue weighted by molar-refractivity contribution is 0.632. The summed E-state index contributed by atoms with van der Waals surface area (Å²) in [7, 11) is 1.90. The van der Waals surface area contributed by atoms with Crippen LogP contribution in [0.1, 0.15) is 25.8 Å². The zero-order valence-corrected chi connectivity index (χ0v) is 10.6. The molecule has 1 aromatic heterocycles. The molecule has 0 bridgehead atoms. The standard InChI is InChI=1S/C12H20N2S/c1-10(2)5-7-15-9-11-4-6-14-12(8-11)13-3/h4,6,8,10H,5,7,9H2,1-3H3,(H,13,14). The Labute approximate surface area is 96.9 Å². The molecule has 1 rings (SSSR count). The van der Waals surface area contributed by atoms with Gasteiger partial charge in [0.25, 0.3) is 0 Å². The molecule has 0 aliphatic heterocycles. The highest BCUT2D eigenvalue weighted by Gasteiger charge is 1.97. The van der Waals surface area contributed by atoms with Crippen LogP contribution in [0.5, 0.6) is 0 Å². The van der Waals surface area contributed by atoms with Gasteiger partial charge in [0, 0.05) is 19.0 Å². The summed E-state index contributed by atoms with van der Waals surface area (Å²) < 4.78 is 0. The Morgan fingerprint density at radius 2 is 2.27 bits per heavy atom. The molecule has 0 spiro atoms. The van der Waals surface area contributed by atoms with Gasteiger partial charge in [-0.05, 0) is 35.8 Å². The van der Waals surface area contributed by atoms with Crippen molar-refractivity contribution in [3.05, 3.63) is 23.9 Å². The van der Waals surface area contributed by atoms with E-state index in [2.05, 4.69) is 36.3 Å². The summed E-state index contributed by atoms with van der Waals surface area (Å²) in [4.78, 5) is 4.19. The number of hydrogen-bond donors (Lipinski definition) is 1. The van der Waals surface area contributed by atoms with Gasteiger partial charge in [0.2, 0.25) is 0 Å². The number of pyridine rings is 1. The first-order valence-corrected chi connectivity index (χ1v) is 6.58. The van der Waals surface area contributed by atoms with E-state index in [0.717, 1.165) is 17.5 Å². The molecule has 0 radical (unpaired) electrons. The fourth-order valence-electron chi connectivity index (χ4n) is 1.21. The van der Waals surface area contributed by atoms with E-state index >= 15 is 0 Å². The van der Waals surface area contributed by atoms with Gasteiger partial charge in [-0.1, -0.05) is 13.8 Å². The van der Waals surface area contributed by atoms with E-state index in [1.165, 1.54) is 17.7 Å². The van der Waals surface area contributed by atoms with Crippen molar-refractivity contribution < 1.29 is 0 Å². The molecule has 0 unspecified atom stereocenters. The summed E-state index contributed by atoms with van der Waals surface area (Å²) in [5, 5.41) is 3.06. The molecule has 0 aliphatic rings. The van der Waals surface area contributed by atoms with Crippen molar-refractivity contribution in [3.63, 3.8) is 0 Å². The lowest BCUT2D eigenvalue weighted by atomic mass is 10.2. The maximum Gasteiger partial charge on any atom is 0.125 e. The lowest BCUT2D eigenvalue weighted by Gasteiger charge is -2.05. The van der Waals surface area contributed by atoms with Crippen molar-refractivity contribution in [2.24, 2.45) is 5.92 Å². The van der Waals surface area contributed by atoms with Crippen molar-refractivity contribution >= 4 is 17.6 Å². The highest BCUT2D eigenvalue weighted by Crippen LogP contribution is 2.16. The van der Waals surface area contributed by atoms with E-state index in [4.69, 9.17) is 0 Å². The molecule has 2 nitrogen and oxygen atoms in total. The molecule has 0 atom stereocenters. The normalized spacial score (nSPS) is 10.7. The Hall–Kier alpha value is -0.700. The maximum absolute atomic E-state index is 4.19. The van der Waals surface area contributed by atoms with E-state index in [1.54, 1.807) is 0 Å². The number of nitrogens with one attached hydrogen (secondary N) is 1. The maximum atomic E-state index is 4.19. The SMILES string of the molecule is CNc1cc(CSCCC(C)C)ccn1. The minimum atomic E-state index is 0.808. The highest BCUT2D eigenvalue weighted by atomic mass is 32.2. The zero-order valence-electron chi connectivity index (χ0n) is 9.79. The first-order chi connectivity index (χ1) is 7.22. The summed E-state index contributed by atoms with van der Waals surface area (Å²) in [6.45, 7) is 4.54. The molecule has 84 valence electrons. The molecule has 0 saturated carbocycles. The summed E-state index contributed by atoms with van der Waals surface area (Å²) in [5.41, 5.74) is 1.35. The van der Waals surface area contributed by atoms with E-state index in [0.29, 0.717) is 0 Å². The number of hydrogen-bond acceptors (Lipinski definition) is 3. The number of rotatable bonds is 6. The third-order valence-electron chi connectivity index (χ3n) is 2.19. The second-order valence-electron chi connectivity index (χ2n) is 4.03. The van der Waals surface area contributed by atoms with Gasteiger partial charge < -0.3 is 5.32 Å². The lowest BCUT2D eigenvalue weighted by Crippen LogP contribution is -1.94. The van der Waals surface area contributed by atoms with Crippen LogP contribution in [0.3, 0.4) is 0 Å². The summed E-state index contributed by atoms with van der Waals surface area (Å²) in [6, 6.07) is 4.20. The van der Waals surface area contributed by atoms with Gasteiger partial charge in [-0.15, -0.1) is 0 Å². The molecule has 3 heteroatoms. The zero-order chi connectivity index (χ0) is 11.1. The monoisotopic (exact) mass is 224 g/mol. The van der Waals surface area contributed by atoms with Gasteiger partial charge in [0.05, 0.1) is 0 Å². The van der Waals surface area contributed by atoms with Crippen LogP contribution in [0.15, 0.2) is 18.3 Å². The van der Waals surface area contributed by atoms with Gasteiger partial charge >= 0.3 is 0 Å². The summed E-state index contributed by atoms with van der Waals surface area (Å²) >= 11 is 2.00. The van der Waals surface area contributed by atoms with Gasteiger partial charge in [0.1, 0.15) is 5.82 Å². The Morgan fingerprint density at radius 1 is 1.47 bits per heavy atom. The smallest absolute Gasteiger partial charge is 0.125 e. The average Bonchev–Trinajstić information content (AvgIpc) is 2.24. The molecular formula is C12H20N2S. The van der Waals surface area contributed by atoms with E-state index in [9.17, 15) is 0 Å². The van der Waals surface area contributed by atoms with E-state index < -0.39 is 0 Å². The molecule has 15 heavy (non-hydrogen) atoms. The second-order valence-corrected chi connectivity index (χ2v) is 5.14. The first kappa shape index (κ1) is 12.4. The van der Waals surface area contributed by atoms with Gasteiger partial charge in [0.15, 0.2) is 0 Å². The quantitative estimate of drug-likeness (QED) is 0.750. The molecular weight excluding hydrogens is 204 g/mol. The van der Waals surface area contributed by atoms with Gasteiger partial charge in [-0.3, -0.25) is 0 Å². The molecule has 1 N–H and O–H groups in total. The van der Waals surface area contributed by atoms with Crippen LogP contribution in [0.25, 0.3) is 0 Å². The van der Waals surface area contributed by atoms with Crippen LogP contribution in [-0.2, 0) is 5.75 Å². The number of anilines is 1. The minimum Gasteiger partial charge on any atom is -0.373 e. The molecule has 0 amide bonds. The average molecular weight is 224 g/mol. The van der Waals surface area contributed by atoms with Crippen LogP contribution in [0.4, 0.5) is 5.82 Å². The first-order valence-electron chi connectivity index (χ1n) is 5.43. The van der Waals surface area contributed by atoms with Crippen LogP contribution < -0.4 is 5.32 Å². The molecule has 0 fully saturated rings. The topological polar surface area (TPSA) is 24.9 Å². The molecule has 0 aromatic carbocycles. The predicted molar refractivity (Wildman–Crippen MR) is 69.4 cm³/mol. The predicted octanol–water partition coefficient (Wildman–Crippen LogP) is 3.40. The summed E-state index contributed by atoms with van der Waals surface area (Å²) in [6.07, 6.45) is 3.17. The van der Waals surface area contributed by atoms with Crippen molar-refractivity contribution in [3.8, 4) is 0 Å². The Kier molecular flexibility index (Phi) is 5.54. The summed E-state index contributed by atoms with van der Waals surface area (Å²) in [5.74, 6) is 4.10. The van der Waals surface area contributed by atoms with Crippen molar-refractivity contribution in [2.45, 2.75) is 26.0 Å². The third kappa shape index (κ3) is 5.07. The molecule has 0 saturated heterocycles. The number of thioether (sulfide) groups is 1. The number of aromatic nitrogens is 1. The van der Waals surface area contributed by atoms with Crippen molar-refractivity contribution in [1.29, 1.82) is 0 Å². The van der Waals surface area contributed by atoms with Crippen LogP contribution in [0.2, 0.25) is 0 Å². The molecule has 0 aliphatic carbocycles. The third-order valence-corrected chi connectivity index (χ3v) is 3.25. The highest BCUT2D eigenvalue weighted by molar-refractivity contribution is 7.98. The van der Waals surface area contributed by atoms with Crippen LogP contribution >= 0.6 is 11.8 Å². The fourth-order valence-corrected chi connectivity index (χ4v) is 2.41. The van der Waals surface area contributed by atoms with Crippen molar-refractivity contribution in [2.75, 3.05) is 18.1 Å². The fraction of sp³-hybridized carbons (Fsp3) is 0.583. The van der Waals surface area contributed by atoms with Crippen molar-refractivity contribution in [1.82, 2.24) is 4.98 Å². The molecule has 1 heterocycles. The van der Waals surface area contributed by atoms with Crippen LogP contribution in [0, 0.1) is 5.92 Å².